The van der Waals surface area contributed by atoms with Crippen LogP contribution in [-0.2, 0) is 4.79 Å². The highest BCUT2D eigenvalue weighted by Crippen LogP contribution is 2.12. The van der Waals surface area contributed by atoms with Crippen LogP contribution in [0.15, 0.2) is 24.3 Å². The number of likely N-dealkylation sites (N-methyl/N-ethyl adjacent to an activating group) is 1. The second kappa shape index (κ2) is 7.08. The molecule has 0 heterocycles. The molecule has 2 N–H and O–H groups in total. The van der Waals surface area contributed by atoms with Crippen molar-refractivity contribution in [3.8, 4) is 0 Å². The number of hydrogen-bond donors (Lipinski definition) is 2. The van der Waals surface area contributed by atoms with E-state index >= 15 is 0 Å². The summed E-state index contributed by atoms with van der Waals surface area (Å²) in [5, 5.41) is 16.2. The molecule has 0 saturated heterocycles. The van der Waals surface area contributed by atoms with E-state index in [0.717, 1.165) is 5.56 Å². The first-order valence-corrected chi connectivity index (χ1v) is 6.81. The largest absolute Gasteiger partial charge is 0.550 e. The monoisotopic (exact) mass is 293 g/mol. The van der Waals surface area contributed by atoms with Crippen LogP contribution in [0.1, 0.15) is 12.0 Å². The van der Waals surface area contributed by atoms with Gasteiger partial charge < -0.3 is 25.0 Å². The summed E-state index contributed by atoms with van der Waals surface area (Å²) in [5.74, 6) is -1.18. The van der Waals surface area contributed by atoms with Gasteiger partial charge in [-0.1, -0.05) is 18.2 Å². The van der Waals surface area contributed by atoms with Crippen molar-refractivity contribution in [1.29, 1.82) is 0 Å². The summed E-state index contributed by atoms with van der Waals surface area (Å²) in [4.78, 5) is 22.8. The first-order chi connectivity index (χ1) is 9.67. The van der Waals surface area contributed by atoms with Crippen molar-refractivity contribution in [3.05, 3.63) is 29.8 Å². The molecule has 0 unspecified atom stereocenters. The number of nitrogens with zero attached hydrogens (tertiary/aromatic N) is 1. The zero-order chi connectivity index (χ0) is 16.0. The van der Waals surface area contributed by atoms with Gasteiger partial charge >= 0.3 is 6.03 Å². The van der Waals surface area contributed by atoms with Crippen LogP contribution < -0.4 is 15.7 Å². The summed E-state index contributed by atoms with van der Waals surface area (Å²) in [5.41, 5.74) is 1.64. The van der Waals surface area contributed by atoms with E-state index in [1.807, 2.05) is 46.3 Å². The topological polar surface area (TPSA) is 81.3 Å². The Morgan fingerprint density at radius 3 is 2.38 bits per heavy atom. The van der Waals surface area contributed by atoms with Crippen LogP contribution in [0.3, 0.4) is 0 Å². The molecule has 1 rings (SSSR count). The number of carboxylic acids is 1. The third-order valence-corrected chi connectivity index (χ3v) is 2.91. The Balaban J connectivity index is 2.67. The molecule has 6 heteroatoms. The number of rotatable bonds is 6. The number of hydrogen-bond acceptors (Lipinski definition) is 3. The van der Waals surface area contributed by atoms with E-state index in [4.69, 9.17) is 0 Å². The first-order valence-electron chi connectivity index (χ1n) is 6.81. The molecule has 6 nitrogen and oxygen atoms in total. The Morgan fingerprint density at radius 1 is 1.24 bits per heavy atom. The summed E-state index contributed by atoms with van der Waals surface area (Å²) in [6.45, 7) is 2.38. The zero-order valence-corrected chi connectivity index (χ0v) is 13.0. The summed E-state index contributed by atoms with van der Waals surface area (Å²) in [6.07, 6.45) is -0.212. The maximum Gasteiger partial charge on any atom is 0.319 e. The molecule has 0 aliphatic heterocycles. The molecular weight excluding hydrogens is 270 g/mol. The molecule has 0 aliphatic rings. The molecular formula is C15H23N3O3. The van der Waals surface area contributed by atoms with Crippen LogP contribution in [0.4, 0.5) is 10.5 Å². The van der Waals surface area contributed by atoms with Gasteiger partial charge in [0.1, 0.15) is 0 Å². The number of carbonyl (C=O) groups is 2. The van der Waals surface area contributed by atoms with Crippen molar-refractivity contribution in [2.45, 2.75) is 19.4 Å². The number of para-hydroxylation sites is 1. The maximum atomic E-state index is 12.0. The molecule has 1 atom stereocenters. The van der Waals surface area contributed by atoms with Crippen LogP contribution in [0.2, 0.25) is 0 Å². The number of nitrogens with one attached hydrogen (secondary N) is 2. The number of aryl methyl sites for hydroxylation is 1. The van der Waals surface area contributed by atoms with Gasteiger partial charge in [0.2, 0.25) is 0 Å². The minimum Gasteiger partial charge on any atom is -0.550 e. The molecule has 0 saturated carbocycles. The fourth-order valence-corrected chi connectivity index (χ4v) is 2.08. The molecule has 2 amide bonds. The molecule has 0 aliphatic carbocycles. The van der Waals surface area contributed by atoms with Crippen molar-refractivity contribution in [1.82, 2.24) is 5.32 Å². The van der Waals surface area contributed by atoms with Crippen molar-refractivity contribution in [2.24, 2.45) is 0 Å². The second-order valence-electron chi connectivity index (χ2n) is 6.16. The van der Waals surface area contributed by atoms with Gasteiger partial charge in [0.15, 0.2) is 0 Å². The normalized spacial score (nSPS) is 12.6. The van der Waals surface area contributed by atoms with Gasteiger partial charge in [-0.25, -0.2) is 4.79 Å². The Hall–Kier alpha value is -2.08. The van der Waals surface area contributed by atoms with E-state index in [1.54, 1.807) is 6.07 Å². The first kappa shape index (κ1) is 17.0. The third-order valence-electron chi connectivity index (χ3n) is 2.91. The van der Waals surface area contributed by atoms with Crippen molar-refractivity contribution >= 4 is 17.7 Å². The number of anilines is 1. The predicted molar refractivity (Wildman–Crippen MR) is 79.6 cm³/mol. The van der Waals surface area contributed by atoms with E-state index in [-0.39, 0.29) is 6.42 Å². The van der Waals surface area contributed by atoms with Gasteiger partial charge in [-0.15, -0.1) is 0 Å². The average molecular weight is 293 g/mol. The molecule has 0 aromatic heterocycles. The number of benzene rings is 1. The lowest BCUT2D eigenvalue weighted by atomic mass is 10.2. The number of aliphatic carboxylic acids is 1. The Labute approximate surface area is 125 Å². The highest BCUT2D eigenvalue weighted by atomic mass is 16.4. The molecule has 1 aromatic carbocycles. The standard InChI is InChI=1S/C15H23N3O3/c1-11-7-5-6-8-13(11)17-15(21)16-12(9-14(19)20)10-18(2,3)4/h5-8,12H,9-10H2,1-4H3,(H2-,16,17,19,20,21)/t12-/m1/s1. The highest BCUT2D eigenvalue weighted by molar-refractivity contribution is 5.90. The minimum atomic E-state index is -1.18. The summed E-state index contributed by atoms with van der Waals surface area (Å²) < 4.78 is 0.544. The number of carboxylic acid groups (broad SMARTS) is 1. The number of quaternary nitrogens is 1. The van der Waals surface area contributed by atoms with E-state index < -0.39 is 18.0 Å². The third kappa shape index (κ3) is 6.76. The van der Waals surface area contributed by atoms with Gasteiger partial charge in [0.25, 0.3) is 0 Å². The van der Waals surface area contributed by atoms with Crippen LogP contribution in [0.5, 0.6) is 0 Å². The zero-order valence-electron chi connectivity index (χ0n) is 13.0. The maximum absolute atomic E-state index is 12.0. The van der Waals surface area contributed by atoms with E-state index in [0.29, 0.717) is 16.7 Å². The Morgan fingerprint density at radius 2 is 1.86 bits per heavy atom. The molecule has 0 bridgehead atoms. The molecule has 0 radical (unpaired) electrons. The number of amides is 2. The highest BCUT2D eigenvalue weighted by Gasteiger charge is 2.20. The summed E-state index contributed by atoms with van der Waals surface area (Å²) >= 11 is 0. The molecule has 0 spiro atoms. The summed E-state index contributed by atoms with van der Waals surface area (Å²) in [6, 6.07) is 6.49. The van der Waals surface area contributed by atoms with Gasteiger partial charge in [-0.05, 0) is 18.6 Å². The van der Waals surface area contributed by atoms with E-state index in [9.17, 15) is 14.7 Å². The summed E-state index contributed by atoms with van der Waals surface area (Å²) in [7, 11) is 5.80. The lowest BCUT2D eigenvalue weighted by molar-refractivity contribution is -0.871. The van der Waals surface area contributed by atoms with Gasteiger partial charge in [0, 0.05) is 18.1 Å². The molecule has 21 heavy (non-hydrogen) atoms. The van der Waals surface area contributed by atoms with Crippen LogP contribution >= 0.6 is 0 Å². The molecule has 1 aromatic rings. The van der Waals surface area contributed by atoms with Gasteiger partial charge in [-0.2, -0.15) is 0 Å². The second-order valence-corrected chi connectivity index (χ2v) is 6.16. The van der Waals surface area contributed by atoms with Crippen LogP contribution in [0.25, 0.3) is 0 Å². The minimum absolute atomic E-state index is 0.212. The molecule has 0 fully saturated rings. The average Bonchev–Trinajstić information content (AvgIpc) is 2.28. The van der Waals surface area contributed by atoms with E-state index in [2.05, 4.69) is 10.6 Å². The van der Waals surface area contributed by atoms with Crippen LogP contribution in [0, 0.1) is 6.92 Å². The Kier molecular flexibility index (Phi) is 5.72. The van der Waals surface area contributed by atoms with Crippen molar-refractivity contribution in [3.63, 3.8) is 0 Å². The van der Waals surface area contributed by atoms with Crippen molar-refractivity contribution in [2.75, 3.05) is 33.0 Å². The van der Waals surface area contributed by atoms with Gasteiger partial charge in [0.05, 0.1) is 33.7 Å². The van der Waals surface area contributed by atoms with Crippen LogP contribution in [-0.4, -0.2) is 50.2 Å². The predicted octanol–water partition coefficient (Wildman–Crippen LogP) is 0.331. The fourth-order valence-electron chi connectivity index (χ4n) is 2.08. The lowest BCUT2D eigenvalue weighted by Crippen LogP contribution is -2.51. The fraction of sp³-hybridized carbons (Fsp3) is 0.467. The SMILES string of the molecule is Cc1ccccc1NC(=O)N[C@H](CC(=O)[O-])C[N+](C)(C)C. The quantitative estimate of drug-likeness (QED) is 0.742. The molecule has 116 valence electrons. The van der Waals surface area contributed by atoms with Gasteiger partial charge in [-0.3, -0.25) is 0 Å². The smallest absolute Gasteiger partial charge is 0.319 e. The number of urea groups is 1. The lowest BCUT2D eigenvalue weighted by Gasteiger charge is -2.30. The Bertz CT molecular complexity index is 509. The van der Waals surface area contributed by atoms with Crippen molar-refractivity contribution < 1.29 is 19.2 Å². The van der Waals surface area contributed by atoms with E-state index in [1.165, 1.54) is 0 Å². The number of carbonyl (C=O) groups excluding carboxylic acids is 2.